The van der Waals surface area contributed by atoms with Crippen LogP contribution >= 0.6 is 0 Å². The predicted octanol–water partition coefficient (Wildman–Crippen LogP) is 1.36. The van der Waals surface area contributed by atoms with Crippen LogP contribution < -0.4 is 5.32 Å². The number of aliphatic hydroxyl groups excluding tert-OH is 1. The molecule has 19 heavy (non-hydrogen) atoms. The predicted molar refractivity (Wildman–Crippen MR) is 75.1 cm³/mol. The lowest BCUT2D eigenvalue weighted by molar-refractivity contribution is -0.141. The fourth-order valence-electron chi connectivity index (χ4n) is 2.06. The van der Waals surface area contributed by atoms with Crippen molar-refractivity contribution in [1.29, 1.82) is 0 Å². The molecule has 0 heterocycles. The first kappa shape index (κ1) is 15.7. The third kappa shape index (κ3) is 5.41. The summed E-state index contributed by atoms with van der Waals surface area (Å²) < 4.78 is 4.71. The SMILES string of the molecule is COC(=O)CC(Cc1cc(C)ccc1C)NCCO. The molecule has 4 nitrogen and oxygen atoms in total. The van der Waals surface area contributed by atoms with E-state index in [-0.39, 0.29) is 18.6 Å². The number of esters is 1. The molecule has 0 radical (unpaired) electrons. The number of carbonyl (C=O) groups excluding carboxylic acids is 1. The monoisotopic (exact) mass is 265 g/mol. The second-order valence-corrected chi connectivity index (χ2v) is 4.79. The van der Waals surface area contributed by atoms with E-state index in [1.54, 1.807) is 0 Å². The molecular weight excluding hydrogens is 242 g/mol. The van der Waals surface area contributed by atoms with Crippen molar-refractivity contribution in [3.8, 4) is 0 Å². The van der Waals surface area contributed by atoms with E-state index in [0.29, 0.717) is 13.0 Å². The quantitative estimate of drug-likeness (QED) is 0.731. The molecule has 1 aromatic carbocycles. The number of carbonyl (C=O) groups is 1. The number of aliphatic hydroxyl groups is 1. The molecule has 0 spiro atoms. The van der Waals surface area contributed by atoms with Crippen LogP contribution in [0.4, 0.5) is 0 Å². The fourth-order valence-corrected chi connectivity index (χ4v) is 2.06. The molecule has 0 aliphatic heterocycles. The molecule has 1 unspecified atom stereocenters. The fraction of sp³-hybridized carbons (Fsp3) is 0.533. The maximum Gasteiger partial charge on any atom is 0.307 e. The van der Waals surface area contributed by atoms with Gasteiger partial charge in [0, 0.05) is 12.6 Å². The number of hydrogen-bond acceptors (Lipinski definition) is 4. The molecule has 0 aliphatic carbocycles. The average Bonchev–Trinajstić information content (AvgIpc) is 2.39. The molecule has 1 atom stereocenters. The Kier molecular flexibility index (Phi) is 6.53. The molecule has 0 saturated carbocycles. The average molecular weight is 265 g/mol. The summed E-state index contributed by atoms with van der Waals surface area (Å²) >= 11 is 0. The Labute approximate surface area is 114 Å². The number of ether oxygens (including phenoxy) is 1. The van der Waals surface area contributed by atoms with Crippen molar-refractivity contribution >= 4 is 5.97 Å². The first-order valence-corrected chi connectivity index (χ1v) is 6.54. The lowest BCUT2D eigenvalue weighted by Gasteiger charge is -2.18. The van der Waals surface area contributed by atoms with Crippen LogP contribution in [0.3, 0.4) is 0 Å². The highest BCUT2D eigenvalue weighted by atomic mass is 16.5. The minimum absolute atomic E-state index is 0.0138. The van der Waals surface area contributed by atoms with Gasteiger partial charge in [-0.3, -0.25) is 4.79 Å². The van der Waals surface area contributed by atoms with Gasteiger partial charge in [-0.1, -0.05) is 23.8 Å². The summed E-state index contributed by atoms with van der Waals surface area (Å²) in [5, 5.41) is 12.1. The summed E-state index contributed by atoms with van der Waals surface area (Å²) in [5.41, 5.74) is 3.64. The molecule has 0 fully saturated rings. The minimum Gasteiger partial charge on any atom is -0.469 e. The van der Waals surface area contributed by atoms with Crippen LogP contribution in [0.25, 0.3) is 0 Å². The van der Waals surface area contributed by atoms with Crippen LogP contribution in [-0.2, 0) is 16.0 Å². The van der Waals surface area contributed by atoms with Crippen LogP contribution in [0.2, 0.25) is 0 Å². The number of hydrogen-bond donors (Lipinski definition) is 2. The van der Waals surface area contributed by atoms with Gasteiger partial charge in [-0.05, 0) is 31.4 Å². The standard InChI is InChI=1S/C15H23NO3/c1-11-4-5-12(2)13(8-11)9-14(16-6-7-17)10-15(18)19-3/h4-5,8,14,16-17H,6-7,9-10H2,1-3H3. The Bertz CT molecular complexity index is 418. The Balaban J connectivity index is 2.74. The Hall–Kier alpha value is -1.39. The van der Waals surface area contributed by atoms with Gasteiger partial charge in [0.1, 0.15) is 0 Å². The highest BCUT2D eigenvalue weighted by Crippen LogP contribution is 2.14. The zero-order valence-electron chi connectivity index (χ0n) is 11.9. The van der Waals surface area contributed by atoms with Crippen LogP contribution in [0, 0.1) is 13.8 Å². The zero-order chi connectivity index (χ0) is 14.3. The van der Waals surface area contributed by atoms with Crippen molar-refractivity contribution in [2.24, 2.45) is 0 Å². The van der Waals surface area contributed by atoms with Gasteiger partial charge >= 0.3 is 5.97 Å². The summed E-state index contributed by atoms with van der Waals surface area (Å²) in [6.45, 7) is 4.66. The molecule has 1 rings (SSSR count). The highest BCUT2D eigenvalue weighted by molar-refractivity contribution is 5.70. The largest absolute Gasteiger partial charge is 0.469 e. The third-order valence-electron chi connectivity index (χ3n) is 3.16. The van der Waals surface area contributed by atoms with E-state index in [2.05, 4.69) is 37.4 Å². The maximum atomic E-state index is 11.4. The van der Waals surface area contributed by atoms with Gasteiger partial charge in [0.2, 0.25) is 0 Å². The van der Waals surface area contributed by atoms with Crippen molar-refractivity contribution < 1.29 is 14.6 Å². The Morgan fingerprint density at radius 3 is 2.79 bits per heavy atom. The van der Waals surface area contributed by atoms with E-state index in [0.717, 1.165) is 6.42 Å². The van der Waals surface area contributed by atoms with Crippen molar-refractivity contribution in [1.82, 2.24) is 5.32 Å². The van der Waals surface area contributed by atoms with Crippen LogP contribution in [0.15, 0.2) is 18.2 Å². The van der Waals surface area contributed by atoms with E-state index in [4.69, 9.17) is 9.84 Å². The molecule has 0 saturated heterocycles. The van der Waals surface area contributed by atoms with Gasteiger partial charge < -0.3 is 15.2 Å². The molecule has 2 N–H and O–H groups in total. The third-order valence-corrected chi connectivity index (χ3v) is 3.16. The summed E-state index contributed by atoms with van der Waals surface area (Å²) in [7, 11) is 1.39. The molecule has 0 aromatic heterocycles. The first-order valence-electron chi connectivity index (χ1n) is 6.54. The minimum atomic E-state index is -0.235. The highest BCUT2D eigenvalue weighted by Gasteiger charge is 2.15. The molecule has 4 heteroatoms. The number of aryl methyl sites for hydroxylation is 2. The van der Waals surface area contributed by atoms with E-state index < -0.39 is 0 Å². The summed E-state index contributed by atoms with van der Waals surface area (Å²) in [5.74, 6) is -0.235. The number of nitrogens with one attached hydrogen (secondary N) is 1. The van der Waals surface area contributed by atoms with Gasteiger partial charge in [0.05, 0.1) is 20.1 Å². The maximum absolute atomic E-state index is 11.4. The second-order valence-electron chi connectivity index (χ2n) is 4.79. The van der Waals surface area contributed by atoms with Gasteiger partial charge in [-0.25, -0.2) is 0 Å². The first-order chi connectivity index (χ1) is 9.06. The van der Waals surface area contributed by atoms with Gasteiger partial charge in [0.15, 0.2) is 0 Å². The summed E-state index contributed by atoms with van der Waals surface area (Å²) in [6.07, 6.45) is 1.06. The van der Waals surface area contributed by atoms with Crippen molar-refractivity contribution in [2.75, 3.05) is 20.3 Å². The Morgan fingerprint density at radius 2 is 2.16 bits per heavy atom. The van der Waals surface area contributed by atoms with Crippen LogP contribution in [0.5, 0.6) is 0 Å². The molecule has 0 bridgehead atoms. The van der Waals surface area contributed by atoms with E-state index in [1.807, 2.05) is 0 Å². The van der Waals surface area contributed by atoms with Crippen molar-refractivity contribution in [3.63, 3.8) is 0 Å². The number of rotatable bonds is 7. The Morgan fingerprint density at radius 1 is 1.42 bits per heavy atom. The molecule has 106 valence electrons. The van der Waals surface area contributed by atoms with E-state index in [9.17, 15) is 4.79 Å². The van der Waals surface area contributed by atoms with E-state index in [1.165, 1.54) is 23.8 Å². The smallest absolute Gasteiger partial charge is 0.307 e. The number of benzene rings is 1. The second kappa shape index (κ2) is 7.92. The summed E-state index contributed by atoms with van der Waals surface area (Å²) in [6, 6.07) is 6.29. The van der Waals surface area contributed by atoms with E-state index >= 15 is 0 Å². The van der Waals surface area contributed by atoms with Gasteiger partial charge in [-0.2, -0.15) is 0 Å². The van der Waals surface area contributed by atoms with Crippen LogP contribution in [-0.4, -0.2) is 37.4 Å². The van der Waals surface area contributed by atoms with Gasteiger partial charge in [0.25, 0.3) is 0 Å². The molecule has 0 aliphatic rings. The number of methoxy groups -OCH3 is 1. The normalized spacial score (nSPS) is 12.2. The molecule has 1 aromatic rings. The molecule has 0 amide bonds. The lowest BCUT2D eigenvalue weighted by Crippen LogP contribution is -2.35. The van der Waals surface area contributed by atoms with Crippen LogP contribution in [0.1, 0.15) is 23.1 Å². The summed E-state index contributed by atoms with van der Waals surface area (Å²) in [4.78, 5) is 11.4. The lowest BCUT2D eigenvalue weighted by atomic mass is 9.97. The zero-order valence-corrected chi connectivity index (χ0v) is 11.9. The molecular formula is C15H23NO3. The van der Waals surface area contributed by atoms with Crippen molar-refractivity contribution in [2.45, 2.75) is 32.7 Å². The van der Waals surface area contributed by atoms with Gasteiger partial charge in [-0.15, -0.1) is 0 Å². The topological polar surface area (TPSA) is 58.6 Å². The van der Waals surface area contributed by atoms with Crippen molar-refractivity contribution in [3.05, 3.63) is 34.9 Å².